The van der Waals surface area contributed by atoms with E-state index in [9.17, 15) is 9.59 Å². The van der Waals surface area contributed by atoms with E-state index in [0.717, 1.165) is 12.8 Å². The summed E-state index contributed by atoms with van der Waals surface area (Å²) in [6.07, 6.45) is 2.75. The zero-order chi connectivity index (χ0) is 14.8. The monoisotopic (exact) mass is 272 g/mol. The van der Waals surface area contributed by atoms with Gasteiger partial charge in [-0.1, -0.05) is 20.8 Å². The Labute approximate surface area is 115 Å². The molecule has 5 heteroatoms. The van der Waals surface area contributed by atoms with Crippen LogP contribution in [0.25, 0.3) is 0 Å². The van der Waals surface area contributed by atoms with Gasteiger partial charge in [0.1, 0.15) is 0 Å². The standard InChI is InChI=1S/C14H28N2O3/c1-10(2)12(6-8-15)4-5-13(17)16-9-7-11(3)14(18)19/h10-12H,4-9,15H2,1-3H3,(H,16,17)(H,18,19). The summed E-state index contributed by atoms with van der Waals surface area (Å²) in [7, 11) is 0. The van der Waals surface area contributed by atoms with Crippen molar-refractivity contribution in [3.63, 3.8) is 0 Å². The molecule has 0 aliphatic rings. The average Bonchev–Trinajstić information content (AvgIpc) is 2.33. The van der Waals surface area contributed by atoms with Crippen LogP contribution in [-0.2, 0) is 9.59 Å². The molecule has 0 aromatic carbocycles. The number of hydrogen-bond acceptors (Lipinski definition) is 3. The number of hydrogen-bond donors (Lipinski definition) is 3. The number of nitrogens with two attached hydrogens (primary N) is 1. The van der Waals surface area contributed by atoms with Gasteiger partial charge in [0.05, 0.1) is 5.92 Å². The lowest BCUT2D eigenvalue weighted by Gasteiger charge is -2.19. The molecule has 0 rings (SSSR count). The molecule has 0 aliphatic carbocycles. The summed E-state index contributed by atoms with van der Waals surface area (Å²) >= 11 is 0. The van der Waals surface area contributed by atoms with Crippen molar-refractivity contribution >= 4 is 11.9 Å². The van der Waals surface area contributed by atoms with Gasteiger partial charge in [-0.05, 0) is 37.6 Å². The minimum Gasteiger partial charge on any atom is -0.481 e. The van der Waals surface area contributed by atoms with Crippen LogP contribution in [0.5, 0.6) is 0 Å². The fourth-order valence-corrected chi connectivity index (χ4v) is 1.98. The van der Waals surface area contributed by atoms with Crippen molar-refractivity contribution in [1.29, 1.82) is 0 Å². The number of rotatable bonds is 10. The molecule has 0 aliphatic heterocycles. The molecule has 0 aromatic rings. The van der Waals surface area contributed by atoms with Gasteiger partial charge in [-0.15, -0.1) is 0 Å². The Balaban J connectivity index is 3.82. The van der Waals surface area contributed by atoms with Gasteiger partial charge in [-0.2, -0.15) is 0 Å². The number of aliphatic carboxylic acids is 1. The average molecular weight is 272 g/mol. The summed E-state index contributed by atoms with van der Waals surface area (Å²) < 4.78 is 0. The Morgan fingerprint density at radius 1 is 1.16 bits per heavy atom. The summed E-state index contributed by atoms with van der Waals surface area (Å²) in [4.78, 5) is 22.2. The summed E-state index contributed by atoms with van der Waals surface area (Å²) in [5, 5.41) is 11.5. The van der Waals surface area contributed by atoms with Gasteiger partial charge in [-0.25, -0.2) is 0 Å². The lowest BCUT2D eigenvalue weighted by Crippen LogP contribution is -2.27. The normalized spacial score (nSPS) is 14.2. The van der Waals surface area contributed by atoms with E-state index in [0.29, 0.717) is 37.8 Å². The van der Waals surface area contributed by atoms with Crippen molar-refractivity contribution in [2.24, 2.45) is 23.5 Å². The van der Waals surface area contributed by atoms with Gasteiger partial charge >= 0.3 is 5.97 Å². The van der Waals surface area contributed by atoms with Crippen LogP contribution in [-0.4, -0.2) is 30.1 Å². The van der Waals surface area contributed by atoms with Gasteiger partial charge < -0.3 is 16.2 Å². The third-order valence-corrected chi connectivity index (χ3v) is 3.54. The van der Waals surface area contributed by atoms with Gasteiger partial charge in [0.2, 0.25) is 5.91 Å². The maximum atomic E-state index is 11.6. The van der Waals surface area contributed by atoms with Crippen LogP contribution in [0.2, 0.25) is 0 Å². The molecule has 0 spiro atoms. The topological polar surface area (TPSA) is 92.4 Å². The zero-order valence-electron chi connectivity index (χ0n) is 12.3. The molecule has 0 radical (unpaired) electrons. The summed E-state index contributed by atoms with van der Waals surface area (Å²) in [5.74, 6) is -0.227. The Morgan fingerprint density at radius 2 is 1.79 bits per heavy atom. The fraction of sp³-hybridized carbons (Fsp3) is 0.857. The maximum absolute atomic E-state index is 11.6. The second-order valence-corrected chi connectivity index (χ2v) is 5.50. The van der Waals surface area contributed by atoms with Crippen LogP contribution >= 0.6 is 0 Å². The molecule has 19 heavy (non-hydrogen) atoms. The van der Waals surface area contributed by atoms with E-state index in [1.807, 2.05) is 0 Å². The molecule has 0 fully saturated rings. The van der Waals surface area contributed by atoms with Crippen molar-refractivity contribution in [2.45, 2.75) is 46.5 Å². The quantitative estimate of drug-likeness (QED) is 0.563. The largest absolute Gasteiger partial charge is 0.481 e. The number of nitrogens with one attached hydrogen (secondary N) is 1. The second kappa shape index (κ2) is 9.78. The van der Waals surface area contributed by atoms with Crippen molar-refractivity contribution < 1.29 is 14.7 Å². The smallest absolute Gasteiger partial charge is 0.306 e. The molecule has 5 nitrogen and oxygen atoms in total. The minimum absolute atomic E-state index is 0.000241. The Bertz CT molecular complexity index is 280. The van der Waals surface area contributed by atoms with E-state index in [4.69, 9.17) is 10.8 Å². The third kappa shape index (κ3) is 8.59. The number of carboxylic acids is 1. The van der Waals surface area contributed by atoms with Crippen molar-refractivity contribution in [2.75, 3.05) is 13.1 Å². The fourth-order valence-electron chi connectivity index (χ4n) is 1.98. The first-order chi connectivity index (χ1) is 8.88. The predicted octanol–water partition coefficient (Wildman–Crippen LogP) is 1.61. The molecule has 0 saturated heterocycles. The van der Waals surface area contributed by atoms with E-state index in [1.54, 1.807) is 6.92 Å². The van der Waals surface area contributed by atoms with E-state index in [1.165, 1.54) is 0 Å². The van der Waals surface area contributed by atoms with E-state index < -0.39 is 11.9 Å². The van der Waals surface area contributed by atoms with Crippen LogP contribution in [0, 0.1) is 17.8 Å². The number of carboxylic acid groups (broad SMARTS) is 1. The lowest BCUT2D eigenvalue weighted by atomic mass is 9.88. The molecule has 4 N–H and O–H groups in total. The highest BCUT2D eigenvalue weighted by atomic mass is 16.4. The molecule has 1 amide bonds. The molecular formula is C14H28N2O3. The first kappa shape index (κ1) is 17.9. The molecule has 0 heterocycles. The summed E-state index contributed by atoms with van der Waals surface area (Å²) in [6.45, 7) is 7.01. The van der Waals surface area contributed by atoms with Crippen LogP contribution < -0.4 is 11.1 Å². The van der Waals surface area contributed by atoms with Crippen LogP contribution in [0.3, 0.4) is 0 Å². The van der Waals surface area contributed by atoms with Crippen LogP contribution in [0.1, 0.15) is 46.5 Å². The number of carbonyl (C=O) groups excluding carboxylic acids is 1. The second-order valence-electron chi connectivity index (χ2n) is 5.50. The SMILES string of the molecule is CC(CCNC(=O)CCC(CCN)C(C)C)C(=O)O. The molecular weight excluding hydrogens is 244 g/mol. The van der Waals surface area contributed by atoms with Gasteiger partial charge in [0.25, 0.3) is 0 Å². The van der Waals surface area contributed by atoms with E-state index in [2.05, 4.69) is 19.2 Å². The van der Waals surface area contributed by atoms with Gasteiger partial charge in [0.15, 0.2) is 0 Å². The molecule has 2 atom stereocenters. The maximum Gasteiger partial charge on any atom is 0.306 e. The van der Waals surface area contributed by atoms with Crippen molar-refractivity contribution in [3.8, 4) is 0 Å². The predicted molar refractivity (Wildman–Crippen MR) is 75.7 cm³/mol. The molecule has 112 valence electrons. The van der Waals surface area contributed by atoms with Crippen LogP contribution in [0.15, 0.2) is 0 Å². The Morgan fingerprint density at radius 3 is 2.26 bits per heavy atom. The summed E-state index contributed by atoms with van der Waals surface area (Å²) in [5.41, 5.74) is 5.56. The Kier molecular flexibility index (Phi) is 9.21. The number of carbonyl (C=O) groups is 2. The summed E-state index contributed by atoms with van der Waals surface area (Å²) in [6, 6.07) is 0. The van der Waals surface area contributed by atoms with E-state index in [-0.39, 0.29) is 5.91 Å². The first-order valence-electron chi connectivity index (χ1n) is 7.08. The van der Waals surface area contributed by atoms with Gasteiger partial charge in [0, 0.05) is 13.0 Å². The lowest BCUT2D eigenvalue weighted by molar-refractivity contribution is -0.141. The molecule has 0 aromatic heterocycles. The molecule has 0 bridgehead atoms. The highest BCUT2D eigenvalue weighted by Crippen LogP contribution is 2.20. The molecule has 2 unspecified atom stereocenters. The highest BCUT2D eigenvalue weighted by Gasteiger charge is 2.15. The zero-order valence-corrected chi connectivity index (χ0v) is 12.3. The van der Waals surface area contributed by atoms with Crippen LogP contribution in [0.4, 0.5) is 0 Å². The molecule has 0 saturated carbocycles. The van der Waals surface area contributed by atoms with Crippen molar-refractivity contribution in [1.82, 2.24) is 5.32 Å². The first-order valence-corrected chi connectivity index (χ1v) is 7.08. The van der Waals surface area contributed by atoms with Gasteiger partial charge in [-0.3, -0.25) is 9.59 Å². The Hall–Kier alpha value is -1.10. The number of amides is 1. The highest BCUT2D eigenvalue weighted by molar-refractivity contribution is 5.76. The third-order valence-electron chi connectivity index (χ3n) is 3.54. The minimum atomic E-state index is -0.822. The van der Waals surface area contributed by atoms with E-state index >= 15 is 0 Å². The van der Waals surface area contributed by atoms with Crippen molar-refractivity contribution in [3.05, 3.63) is 0 Å².